The average molecular weight is 338 g/mol. The number of ether oxygens (including phenoxy) is 1. The third kappa shape index (κ3) is 3.25. The van der Waals surface area contributed by atoms with Gasteiger partial charge >= 0.3 is 0 Å². The van der Waals surface area contributed by atoms with E-state index in [1.54, 1.807) is 6.33 Å². The van der Waals surface area contributed by atoms with E-state index in [-0.39, 0.29) is 6.10 Å². The fraction of sp³-hybridized carbons (Fsp3) is 0.444. The maximum atomic E-state index is 5.92. The van der Waals surface area contributed by atoms with Gasteiger partial charge in [0, 0.05) is 30.7 Å². The number of para-hydroxylation sites is 1. The lowest BCUT2D eigenvalue weighted by Gasteiger charge is -2.32. The molecule has 0 bridgehead atoms. The van der Waals surface area contributed by atoms with Crippen molar-refractivity contribution in [1.82, 2.24) is 29.6 Å². The molecule has 1 atom stereocenters. The number of rotatable bonds is 4. The van der Waals surface area contributed by atoms with Gasteiger partial charge in [0.15, 0.2) is 5.82 Å². The van der Waals surface area contributed by atoms with Crippen molar-refractivity contribution < 1.29 is 4.74 Å². The predicted molar refractivity (Wildman–Crippen MR) is 93.9 cm³/mol. The first-order valence-corrected chi connectivity index (χ1v) is 8.68. The van der Waals surface area contributed by atoms with Gasteiger partial charge in [-0.25, -0.2) is 9.97 Å². The number of hydrogen-bond donors (Lipinski definition) is 0. The topological polar surface area (TPSA) is 69.0 Å². The molecule has 1 saturated heterocycles. The summed E-state index contributed by atoms with van der Waals surface area (Å²) in [4.78, 5) is 11.7. The lowest BCUT2D eigenvalue weighted by molar-refractivity contribution is -0.0395. The van der Waals surface area contributed by atoms with Crippen molar-refractivity contribution in [2.75, 3.05) is 19.7 Å². The Hall–Kier alpha value is -2.38. The second-order valence-corrected chi connectivity index (χ2v) is 6.31. The molecule has 0 aliphatic carbocycles. The van der Waals surface area contributed by atoms with Crippen LogP contribution in [0.2, 0.25) is 0 Å². The van der Waals surface area contributed by atoms with Gasteiger partial charge in [0.25, 0.3) is 0 Å². The zero-order valence-electron chi connectivity index (χ0n) is 14.6. The van der Waals surface area contributed by atoms with Crippen LogP contribution in [0.25, 0.3) is 10.9 Å². The van der Waals surface area contributed by atoms with Crippen LogP contribution in [0.3, 0.4) is 0 Å². The van der Waals surface area contributed by atoms with E-state index < -0.39 is 0 Å². The summed E-state index contributed by atoms with van der Waals surface area (Å²) >= 11 is 0. The summed E-state index contributed by atoms with van der Waals surface area (Å²) in [5.74, 6) is 1.75. The van der Waals surface area contributed by atoms with Crippen LogP contribution in [0, 0.1) is 6.92 Å². The largest absolute Gasteiger partial charge is 0.368 e. The van der Waals surface area contributed by atoms with E-state index in [4.69, 9.17) is 14.7 Å². The van der Waals surface area contributed by atoms with Crippen molar-refractivity contribution >= 4 is 10.9 Å². The van der Waals surface area contributed by atoms with Crippen LogP contribution in [-0.2, 0) is 17.8 Å². The van der Waals surface area contributed by atoms with E-state index in [0.29, 0.717) is 13.2 Å². The van der Waals surface area contributed by atoms with Gasteiger partial charge < -0.3 is 9.30 Å². The van der Waals surface area contributed by atoms with Gasteiger partial charge in [-0.2, -0.15) is 0 Å². The molecule has 7 heteroatoms. The summed E-state index contributed by atoms with van der Waals surface area (Å²) in [5.41, 5.74) is 2.02. The van der Waals surface area contributed by atoms with Crippen LogP contribution >= 0.6 is 0 Å². The van der Waals surface area contributed by atoms with Gasteiger partial charge in [-0.15, -0.1) is 10.2 Å². The fourth-order valence-corrected chi connectivity index (χ4v) is 3.32. The minimum atomic E-state index is -0.0576. The number of morpholine rings is 1. The van der Waals surface area contributed by atoms with Crippen molar-refractivity contribution in [3.05, 3.63) is 47.9 Å². The first-order valence-electron chi connectivity index (χ1n) is 8.68. The normalized spacial score (nSPS) is 18.7. The number of nitrogens with zero attached hydrogens (tertiary/aromatic N) is 6. The summed E-state index contributed by atoms with van der Waals surface area (Å²) < 4.78 is 7.95. The molecular weight excluding hydrogens is 316 g/mol. The predicted octanol–water partition coefficient (Wildman–Crippen LogP) is 2.12. The summed E-state index contributed by atoms with van der Waals surface area (Å²) in [6.45, 7) is 7.99. The van der Waals surface area contributed by atoms with Crippen LogP contribution in [0.5, 0.6) is 0 Å². The molecular formula is C18H22N6O. The Bertz CT molecular complexity index is 877. The van der Waals surface area contributed by atoms with Crippen LogP contribution in [0.15, 0.2) is 30.6 Å². The van der Waals surface area contributed by atoms with Gasteiger partial charge in [-0.3, -0.25) is 4.90 Å². The van der Waals surface area contributed by atoms with E-state index in [9.17, 15) is 0 Å². The van der Waals surface area contributed by atoms with E-state index in [1.165, 1.54) is 0 Å². The van der Waals surface area contributed by atoms with Crippen molar-refractivity contribution in [2.24, 2.45) is 0 Å². The second-order valence-electron chi connectivity index (χ2n) is 6.31. The average Bonchev–Trinajstić information content (AvgIpc) is 3.11. The monoisotopic (exact) mass is 338 g/mol. The molecule has 0 radical (unpaired) electrons. The van der Waals surface area contributed by atoms with Crippen LogP contribution in [0.4, 0.5) is 0 Å². The minimum Gasteiger partial charge on any atom is -0.368 e. The summed E-state index contributed by atoms with van der Waals surface area (Å²) in [5, 5.41) is 9.36. The smallest absolute Gasteiger partial charge is 0.163 e. The van der Waals surface area contributed by atoms with Crippen molar-refractivity contribution in [2.45, 2.75) is 33.0 Å². The molecule has 1 aromatic carbocycles. The van der Waals surface area contributed by atoms with Crippen molar-refractivity contribution in [3.8, 4) is 0 Å². The quantitative estimate of drug-likeness (QED) is 0.726. The molecule has 25 heavy (non-hydrogen) atoms. The van der Waals surface area contributed by atoms with Gasteiger partial charge in [0.05, 0.1) is 18.7 Å². The van der Waals surface area contributed by atoms with E-state index in [1.807, 2.05) is 29.7 Å². The molecule has 1 aliphatic heterocycles. The standard InChI is InChI=1S/C18H22N6O/c1-3-24-12-19-22-18(24)16-10-23(8-9-25-16)11-17-20-13(2)14-6-4-5-7-15(14)21-17/h4-7,12,16H,3,8-11H2,1-2H3/t16-/m0/s1. The van der Waals surface area contributed by atoms with E-state index in [0.717, 1.165) is 47.9 Å². The van der Waals surface area contributed by atoms with Gasteiger partial charge in [-0.1, -0.05) is 18.2 Å². The first-order chi connectivity index (χ1) is 12.2. The van der Waals surface area contributed by atoms with Crippen molar-refractivity contribution in [1.29, 1.82) is 0 Å². The number of aromatic nitrogens is 5. The summed E-state index contributed by atoms with van der Waals surface area (Å²) in [7, 11) is 0. The number of aryl methyl sites for hydroxylation is 2. The third-order valence-corrected chi connectivity index (χ3v) is 4.63. The second kappa shape index (κ2) is 6.85. The lowest BCUT2D eigenvalue weighted by Crippen LogP contribution is -2.39. The lowest BCUT2D eigenvalue weighted by atomic mass is 10.2. The van der Waals surface area contributed by atoms with Crippen LogP contribution < -0.4 is 0 Å². The Morgan fingerprint density at radius 1 is 1.24 bits per heavy atom. The zero-order valence-corrected chi connectivity index (χ0v) is 14.6. The van der Waals surface area contributed by atoms with Gasteiger partial charge in [0.1, 0.15) is 18.3 Å². The minimum absolute atomic E-state index is 0.0576. The fourth-order valence-electron chi connectivity index (χ4n) is 3.32. The molecule has 2 aromatic heterocycles. The molecule has 0 unspecified atom stereocenters. The van der Waals surface area contributed by atoms with Gasteiger partial charge in [0.2, 0.25) is 0 Å². The maximum absolute atomic E-state index is 5.92. The molecule has 130 valence electrons. The third-order valence-electron chi connectivity index (χ3n) is 4.63. The molecule has 0 saturated carbocycles. The first kappa shape index (κ1) is 16.1. The number of fused-ring (bicyclic) bond motifs is 1. The Morgan fingerprint density at radius 3 is 3.00 bits per heavy atom. The Kier molecular flexibility index (Phi) is 4.42. The van der Waals surface area contributed by atoms with Crippen LogP contribution in [0.1, 0.15) is 30.4 Å². The molecule has 7 nitrogen and oxygen atoms in total. The highest BCUT2D eigenvalue weighted by Gasteiger charge is 2.26. The Morgan fingerprint density at radius 2 is 2.12 bits per heavy atom. The van der Waals surface area contributed by atoms with E-state index >= 15 is 0 Å². The molecule has 0 N–H and O–H groups in total. The van der Waals surface area contributed by atoms with Crippen LogP contribution in [-0.4, -0.2) is 49.3 Å². The molecule has 1 aliphatic rings. The summed E-state index contributed by atoms with van der Waals surface area (Å²) in [6.07, 6.45) is 1.70. The highest BCUT2D eigenvalue weighted by Crippen LogP contribution is 2.22. The molecule has 0 spiro atoms. The molecule has 3 aromatic rings. The Labute approximate surface area is 146 Å². The summed E-state index contributed by atoms with van der Waals surface area (Å²) in [6, 6.07) is 8.14. The van der Waals surface area contributed by atoms with E-state index in [2.05, 4.69) is 28.1 Å². The number of hydrogen-bond acceptors (Lipinski definition) is 6. The van der Waals surface area contributed by atoms with Crippen molar-refractivity contribution in [3.63, 3.8) is 0 Å². The maximum Gasteiger partial charge on any atom is 0.163 e. The molecule has 3 heterocycles. The SMILES string of the molecule is CCn1cnnc1[C@@H]1CN(Cc2nc(C)c3ccccc3n2)CCO1. The van der Waals surface area contributed by atoms with Gasteiger partial charge in [-0.05, 0) is 19.9 Å². The molecule has 1 fully saturated rings. The highest BCUT2D eigenvalue weighted by atomic mass is 16.5. The highest BCUT2D eigenvalue weighted by molar-refractivity contribution is 5.80. The molecule has 4 rings (SSSR count). The number of benzene rings is 1. The Balaban J connectivity index is 1.53. The molecule has 0 amide bonds. The zero-order chi connectivity index (χ0) is 17.2.